The molecule has 0 atom stereocenters. The lowest BCUT2D eigenvalue weighted by atomic mass is 10.2. The second kappa shape index (κ2) is 11.2. The van der Waals surface area contributed by atoms with Crippen LogP contribution in [0.2, 0.25) is 5.02 Å². The molecule has 4 heterocycles. The minimum absolute atomic E-state index is 0.0732. The molecule has 39 heavy (non-hydrogen) atoms. The Bertz CT molecular complexity index is 1580. The number of aromatic nitrogens is 4. The van der Waals surface area contributed by atoms with Gasteiger partial charge in [0.15, 0.2) is 10.9 Å². The Morgan fingerprint density at radius 1 is 1.03 bits per heavy atom. The van der Waals surface area contributed by atoms with Gasteiger partial charge in [-0.3, -0.25) is 9.36 Å². The van der Waals surface area contributed by atoms with E-state index in [2.05, 4.69) is 20.1 Å². The van der Waals surface area contributed by atoms with Gasteiger partial charge in [-0.25, -0.2) is 9.37 Å². The molecule has 1 aliphatic rings. The van der Waals surface area contributed by atoms with Crippen molar-refractivity contribution in [2.24, 2.45) is 0 Å². The number of para-hydroxylation sites is 1. The van der Waals surface area contributed by atoms with Crippen molar-refractivity contribution in [3.63, 3.8) is 0 Å². The number of nitrogens with zero attached hydrogens (tertiary/aromatic N) is 6. The predicted octanol–water partition coefficient (Wildman–Crippen LogP) is 6.03. The highest BCUT2D eigenvalue weighted by Crippen LogP contribution is 2.31. The number of carbonyl (C=O) groups is 1. The van der Waals surface area contributed by atoms with E-state index in [-0.39, 0.29) is 11.7 Å². The van der Waals surface area contributed by atoms with Gasteiger partial charge in [-0.1, -0.05) is 35.5 Å². The monoisotopic (exact) mass is 580 g/mol. The van der Waals surface area contributed by atoms with Crippen molar-refractivity contribution in [2.75, 3.05) is 31.1 Å². The molecule has 1 saturated heterocycles. The Balaban J connectivity index is 1.13. The van der Waals surface area contributed by atoms with Crippen LogP contribution in [0.15, 0.2) is 81.9 Å². The molecule has 0 unspecified atom stereocenters. The molecular formula is C27H22ClFN6O2S2. The fraction of sp³-hybridized carbons (Fsp3) is 0.185. The Hall–Kier alpha value is -3.67. The van der Waals surface area contributed by atoms with E-state index in [0.717, 1.165) is 10.7 Å². The second-order valence-corrected chi connectivity index (χ2v) is 11.0. The van der Waals surface area contributed by atoms with Gasteiger partial charge in [0.25, 0.3) is 5.91 Å². The van der Waals surface area contributed by atoms with E-state index < -0.39 is 0 Å². The van der Waals surface area contributed by atoms with E-state index in [4.69, 9.17) is 16.0 Å². The Morgan fingerprint density at radius 3 is 2.56 bits per heavy atom. The molecule has 0 aliphatic carbocycles. The first-order chi connectivity index (χ1) is 19.1. The number of rotatable bonds is 7. The van der Waals surface area contributed by atoms with Crippen molar-refractivity contribution in [3.8, 4) is 17.3 Å². The van der Waals surface area contributed by atoms with E-state index >= 15 is 0 Å². The number of amides is 1. The van der Waals surface area contributed by atoms with Gasteiger partial charge in [0.05, 0.1) is 28.4 Å². The average Bonchev–Trinajstić information content (AvgIpc) is 3.74. The molecule has 1 fully saturated rings. The van der Waals surface area contributed by atoms with Crippen LogP contribution in [0.25, 0.3) is 17.3 Å². The van der Waals surface area contributed by atoms with Crippen molar-refractivity contribution in [2.45, 2.75) is 10.9 Å². The van der Waals surface area contributed by atoms with Gasteiger partial charge in [0, 0.05) is 31.6 Å². The summed E-state index contributed by atoms with van der Waals surface area (Å²) in [6, 6.07) is 17.4. The zero-order valence-corrected chi connectivity index (χ0v) is 22.9. The molecule has 0 N–H and O–H groups in total. The number of carbonyl (C=O) groups excluding carboxylic acids is 1. The molecule has 0 bridgehead atoms. The van der Waals surface area contributed by atoms with Gasteiger partial charge >= 0.3 is 0 Å². The number of hydrogen-bond acceptors (Lipinski definition) is 8. The molecule has 5 aromatic rings. The molecule has 1 aliphatic heterocycles. The average molecular weight is 581 g/mol. The third kappa shape index (κ3) is 5.42. The number of hydrogen-bond donors (Lipinski definition) is 0. The van der Waals surface area contributed by atoms with Crippen molar-refractivity contribution in [1.29, 1.82) is 0 Å². The Morgan fingerprint density at radius 2 is 1.82 bits per heavy atom. The van der Waals surface area contributed by atoms with Crippen molar-refractivity contribution < 1.29 is 13.6 Å². The maximum absolute atomic E-state index is 13.6. The molecule has 2 aromatic carbocycles. The van der Waals surface area contributed by atoms with Crippen molar-refractivity contribution in [3.05, 3.63) is 93.8 Å². The van der Waals surface area contributed by atoms with Crippen LogP contribution in [0.3, 0.4) is 0 Å². The lowest BCUT2D eigenvalue weighted by Gasteiger charge is -2.36. The standard InChI is InChI=1S/C27H22ClFN6O2S2/c28-20-4-1-2-5-22(20)33-11-13-34(14-12-33)26(36)21-16-38-24(30-21)17-39-27-32-31-25(23-6-3-15-37-23)35(27)19-9-7-18(29)8-10-19/h1-10,15-16H,11-14,17H2. The minimum atomic E-state index is -0.328. The largest absolute Gasteiger partial charge is 0.461 e. The molecule has 8 nitrogen and oxygen atoms in total. The fourth-order valence-electron chi connectivity index (χ4n) is 4.37. The van der Waals surface area contributed by atoms with Crippen molar-refractivity contribution in [1.82, 2.24) is 24.6 Å². The first kappa shape index (κ1) is 25.6. The van der Waals surface area contributed by atoms with Crippen LogP contribution >= 0.6 is 34.7 Å². The summed E-state index contributed by atoms with van der Waals surface area (Å²) < 4.78 is 20.9. The highest BCUT2D eigenvalue weighted by molar-refractivity contribution is 7.98. The highest BCUT2D eigenvalue weighted by Gasteiger charge is 2.25. The van der Waals surface area contributed by atoms with Crippen LogP contribution < -0.4 is 4.90 Å². The summed E-state index contributed by atoms with van der Waals surface area (Å²) in [5.41, 5.74) is 2.14. The normalized spacial score (nSPS) is 13.7. The van der Waals surface area contributed by atoms with Gasteiger partial charge in [-0.15, -0.1) is 21.5 Å². The van der Waals surface area contributed by atoms with Gasteiger partial charge in [-0.05, 0) is 48.5 Å². The molecule has 1 amide bonds. The summed E-state index contributed by atoms with van der Waals surface area (Å²) in [6.07, 6.45) is 1.57. The molecule has 12 heteroatoms. The number of benzene rings is 2. The first-order valence-corrected chi connectivity index (χ1v) is 14.4. The lowest BCUT2D eigenvalue weighted by Crippen LogP contribution is -2.49. The maximum atomic E-state index is 13.6. The van der Waals surface area contributed by atoms with Crippen LogP contribution in [-0.2, 0) is 5.75 Å². The van der Waals surface area contributed by atoms with Gasteiger partial charge in [0.2, 0.25) is 5.82 Å². The lowest BCUT2D eigenvalue weighted by molar-refractivity contribution is 0.0741. The summed E-state index contributed by atoms with van der Waals surface area (Å²) in [5, 5.41) is 12.6. The molecule has 198 valence electrons. The SMILES string of the molecule is O=C(c1csc(CSc2nnc(-c3ccco3)n2-c2ccc(F)cc2)n1)N1CCN(c2ccccc2Cl)CC1. The van der Waals surface area contributed by atoms with Crippen LogP contribution in [0, 0.1) is 5.82 Å². The highest BCUT2D eigenvalue weighted by atomic mass is 35.5. The number of anilines is 1. The number of thiazole rings is 1. The number of halogens is 2. The van der Waals surface area contributed by atoms with Gasteiger partial charge in [0.1, 0.15) is 16.5 Å². The first-order valence-electron chi connectivity index (χ1n) is 12.2. The van der Waals surface area contributed by atoms with E-state index in [1.165, 1.54) is 35.2 Å². The Labute approximate surface area is 237 Å². The summed E-state index contributed by atoms with van der Waals surface area (Å²) in [7, 11) is 0. The van der Waals surface area contributed by atoms with E-state index in [1.807, 2.05) is 33.7 Å². The zero-order chi connectivity index (χ0) is 26.8. The molecule has 0 radical (unpaired) electrons. The zero-order valence-electron chi connectivity index (χ0n) is 20.5. The summed E-state index contributed by atoms with van der Waals surface area (Å²) in [4.78, 5) is 21.8. The Kier molecular flexibility index (Phi) is 7.36. The summed E-state index contributed by atoms with van der Waals surface area (Å²) >= 11 is 9.22. The molecular weight excluding hydrogens is 559 g/mol. The molecule has 3 aromatic heterocycles. The van der Waals surface area contributed by atoms with Crippen LogP contribution in [0.4, 0.5) is 10.1 Å². The van der Waals surface area contributed by atoms with Crippen molar-refractivity contribution >= 4 is 46.3 Å². The third-order valence-corrected chi connectivity index (χ3v) is 8.61. The summed E-state index contributed by atoms with van der Waals surface area (Å²) in [6.45, 7) is 2.61. The van der Waals surface area contributed by atoms with E-state index in [1.54, 1.807) is 35.9 Å². The fourth-order valence-corrected chi connectivity index (χ4v) is 6.37. The number of thioether (sulfide) groups is 1. The second-order valence-electron chi connectivity index (χ2n) is 8.74. The third-order valence-electron chi connectivity index (χ3n) is 6.32. The maximum Gasteiger partial charge on any atom is 0.273 e. The van der Waals surface area contributed by atoms with Gasteiger partial charge in [-0.2, -0.15) is 0 Å². The van der Waals surface area contributed by atoms with Crippen LogP contribution in [0.5, 0.6) is 0 Å². The van der Waals surface area contributed by atoms with Crippen LogP contribution in [0.1, 0.15) is 15.5 Å². The molecule has 0 saturated carbocycles. The molecule has 0 spiro atoms. The summed E-state index contributed by atoms with van der Waals surface area (Å²) in [5.74, 6) is 1.16. The minimum Gasteiger partial charge on any atom is -0.461 e. The number of furan rings is 1. The topological polar surface area (TPSA) is 80.3 Å². The van der Waals surface area contributed by atoms with E-state index in [9.17, 15) is 9.18 Å². The van der Waals surface area contributed by atoms with Gasteiger partial charge < -0.3 is 14.2 Å². The smallest absolute Gasteiger partial charge is 0.273 e. The number of piperazine rings is 1. The predicted molar refractivity (Wildman–Crippen MR) is 150 cm³/mol. The quantitative estimate of drug-likeness (QED) is 0.217. The van der Waals surface area contributed by atoms with Crippen LogP contribution in [-0.4, -0.2) is 56.7 Å². The molecule has 6 rings (SSSR count). The van der Waals surface area contributed by atoms with E-state index in [0.29, 0.717) is 65.1 Å².